The van der Waals surface area contributed by atoms with Gasteiger partial charge in [0.25, 0.3) is 6.43 Å². The number of rotatable bonds is 7. The van der Waals surface area contributed by atoms with Gasteiger partial charge in [0.15, 0.2) is 5.65 Å². The van der Waals surface area contributed by atoms with Crippen LogP contribution in [0.3, 0.4) is 0 Å². The molecule has 1 fully saturated rings. The van der Waals surface area contributed by atoms with E-state index in [0.717, 1.165) is 6.04 Å². The SMILES string of the molecule is CC1(C)OB(c2cc(C(F)F)nc3c2cnn3COCC[Si](C)(C)C)OC1(C)C. The Kier molecular flexibility index (Phi) is 5.94. The van der Waals surface area contributed by atoms with E-state index in [-0.39, 0.29) is 12.4 Å². The summed E-state index contributed by atoms with van der Waals surface area (Å²) in [5.41, 5.74) is -0.619. The lowest BCUT2D eigenvalue weighted by Gasteiger charge is -2.32. The third kappa shape index (κ3) is 4.70. The standard InChI is InChI=1S/C19H30BF2N3O3Si/c1-18(2)19(3,4)28-20(27-18)14-10-15(16(21)22)24-17-13(14)11-23-25(17)12-26-8-9-29(5,6)7/h10-11,16H,8-9,12H2,1-7H3. The summed E-state index contributed by atoms with van der Waals surface area (Å²) in [6.07, 6.45) is -1.10. The van der Waals surface area contributed by atoms with Crippen molar-refractivity contribution in [3.8, 4) is 0 Å². The summed E-state index contributed by atoms with van der Waals surface area (Å²) in [6.45, 7) is 15.3. The maximum absolute atomic E-state index is 13.5. The first-order valence-corrected chi connectivity index (χ1v) is 13.6. The fourth-order valence-electron chi connectivity index (χ4n) is 2.99. The zero-order valence-electron chi connectivity index (χ0n) is 18.3. The number of alkyl halides is 2. The average molecular weight is 425 g/mol. The topological polar surface area (TPSA) is 58.4 Å². The number of halogens is 2. The first-order valence-electron chi connectivity index (χ1n) is 9.89. The van der Waals surface area contributed by atoms with Gasteiger partial charge >= 0.3 is 7.12 Å². The molecule has 0 unspecified atom stereocenters. The number of hydrogen-bond acceptors (Lipinski definition) is 5. The number of ether oxygens (including phenoxy) is 1. The van der Waals surface area contributed by atoms with Crippen LogP contribution in [0.1, 0.15) is 39.8 Å². The molecule has 0 radical (unpaired) electrons. The van der Waals surface area contributed by atoms with Crippen molar-refractivity contribution in [3.05, 3.63) is 18.0 Å². The molecule has 29 heavy (non-hydrogen) atoms. The van der Waals surface area contributed by atoms with E-state index in [1.807, 2.05) is 27.7 Å². The minimum atomic E-state index is -2.71. The molecule has 6 nitrogen and oxygen atoms in total. The van der Waals surface area contributed by atoms with Crippen LogP contribution in [-0.4, -0.2) is 47.8 Å². The molecule has 1 aliphatic heterocycles. The first kappa shape index (κ1) is 22.3. The lowest BCUT2D eigenvalue weighted by Crippen LogP contribution is -2.41. The van der Waals surface area contributed by atoms with E-state index in [1.165, 1.54) is 10.7 Å². The van der Waals surface area contributed by atoms with Gasteiger partial charge in [-0.25, -0.2) is 18.4 Å². The molecule has 2 aromatic heterocycles. The van der Waals surface area contributed by atoms with Crippen LogP contribution >= 0.6 is 0 Å². The molecule has 0 N–H and O–H groups in total. The molecular weight excluding hydrogens is 395 g/mol. The maximum atomic E-state index is 13.5. The minimum absolute atomic E-state index is 0.163. The Labute approximate surface area is 172 Å². The number of pyridine rings is 1. The smallest absolute Gasteiger partial charge is 0.399 e. The largest absolute Gasteiger partial charge is 0.495 e. The second-order valence-electron chi connectivity index (χ2n) is 9.75. The van der Waals surface area contributed by atoms with Crippen molar-refractivity contribution >= 4 is 31.7 Å². The van der Waals surface area contributed by atoms with E-state index in [9.17, 15) is 8.78 Å². The molecule has 160 valence electrons. The number of aromatic nitrogens is 3. The van der Waals surface area contributed by atoms with Crippen molar-refractivity contribution in [2.75, 3.05) is 6.61 Å². The average Bonchev–Trinajstić information content (AvgIpc) is 3.07. The summed E-state index contributed by atoms with van der Waals surface area (Å²) in [5, 5.41) is 4.95. The van der Waals surface area contributed by atoms with Crippen molar-refractivity contribution in [2.24, 2.45) is 0 Å². The van der Waals surface area contributed by atoms with E-state index in [1.54, 1.807) is 6.20 Å². The summed E-state index contributed by atoms with van der Waals surface area (Å²) in [7, 11) is -1.98. The quantitative estimate of drug-likeness (QED) is 0.496. The fraction of sp³-hybridized carbons (Fsp3) is 0.684. The van der Waals surface area contributed by atoms with E-state index < -0.39 is 32.8 Å². The minimum Gasteiger partial charge on any atom is -0.399 e. The van der Waals surface area contributed by atoms with Gasteiger partial charge in [-0.3, -0.25) is 0 Å². The van der Waals surface area contributed by atoms with Crippen molar-refractivity contribution in [3.63, 3.8) is 0 Å². The summed E-state index contributed by atoms with van der Waals surface area (Å²) >= 11 is 0. The molecule has 1 saturated heterocycles. The van der Waals surface area contributed by atoms with Crippen LogP contribution in [0.15, 0.2) is 12.3 Å². The highest BCUT2D eigenvalue weighted by Gasteiger charge is 2.52. The maximum Gasteiger partial charge on any atom is 0.495 e. The molecule has 10 heteroatoms. The highest BCUT2D eigenvalue weighted by atomic mass is 28.3. The third-order valence-corrected chi connectivity index (χ3v) is 7.31. The Hall–Kier alpha value is -1.36. The molecule has 3 rings (SSSR count). The lowest BCUT2D eigenvalue weighted by molar-refractivity contribution is 0.00578. The first-order chi connectivity index (χ1) is 13.3. The molecule has 0 atom stereocenters. The molecule has 0 spiro atoms. The summed E-state index contributed by atoms with van der Waals surface area (Å²) in [5.74, 6) is 0. The zero-order valence-corrected chi connectivity index (χ0v) is 19.3. The van der Waals surface area contributed by atoms with Gasteiger partial charge in [-0.2, -0.15) is 5.10 Å². The van der Waals surface area contributed by atoms with Crippen molar-refractivity contribution in [2.45, 2.75) is 77.7 Å². The molecule has 0 bridgehead atoms. The van der Waals surface area contributed by atoms with Crippen LogP contribution in [-0.2, 0) is 20.8 Å². The van der Waals surface area contributed by atoms with Crippen LogP contribution < -0.4 is 5.46 Å². The monoisotopic (exact) mass is 425 g/mol. The Bertz CT molecular complexity index is 867. The van der Waals surface area contributed by atoms with Gasteiger partial charge in [0.1, 0.15) is 12.4 Å². The van der Waals surface area contributed by atoms with Crippen LogP contribution in [0.4, 0.5) is 8.78 Å². The van der Waals surface area contributed by atoms with Gasteiger partial charge in [0, 0.05) is 20.1 Å². The van der Waals surface area contributed by atoms with Crippen LogP contribution in [0.5, 0.6) is 0 Å². The molecule has 3 heterocycles. The number of hydrogen-bond donors (Lipinski definition) is 0. The third-order valence-electron chi connectivity index (χ3n) is 5.60. The van der Waals surface area contributed by atoms with Gasteiger partial charge in [-0.1, -0.05) is 19.6 Å². The molecule has 2 aromatic rings. The Morgan fingerprint density at radius 3 is 2.34 bits per heavy atom. The van der Waals surface area contributed by atoms with E-state index in [2.05, 4.69) is 29.7 Å². The highest BCUT2D eigenvalue weighted by Crippen LogP contribution is 2.37. The second-order valence-corrected chi connectivity index (χ2v) is 15.4. The number of nitrogens with zero attached hydrogens (tertiary/aromatic N) is 3. The zero-order chi connectivity index (χ0) is 21.6. The molecule has 0 amide bonds. The molecule has 1 aliphatic rings. The van der Waals surface area contributed by atoms with Gasteiger partial charge in [-0.05, 0) is 45.3 Å². The van der Waals surface area contributed by atoms with Crippen molar-refractivity contribution < 1.29 is 22.8 Å². The van der Waals surface area contributed by atoms with Crippen LogP contribution in [0.2, 0.25) is 25.7 Å². The predicted molar refractivity (Wildman–Crippen MR) is 112 cm³/mol. The lowest BCUT2D eigenvalue weighted by atomic mass is 9.77. The van der Waals surface area contributed by atoms with Crippen molar-refractivity contribution in [1.29, 1.82) is 0 Å². The summed E-state index contributed by atoms with van der Waals surface area (Å²) in [6, 6.07) is 2.37. The summed E-state index contributed by atoms with van der Waals surface area (Å²) < 4.78 is 46.5. The Morgan fingerprint density at radius 2 is 1.79 bits per heavy atom. The predicted octanol–water partition coefficient (Wildman–Crippen LogP) is 3.98. The Morgan fingerprint density at radius 1 is 1.17 bits per heavy atom. The number of fused-ring (bicyclic) bond motifs is 1. The van der Waals surface area contributed by atoms with E-state index >= 15 is 0 Å². The second kappa shape index (κ2) is 7.72. The van der Waals surface area contributed by atoms with E-state index in [4.69, 9.17) is 14.0 Å². The summed E-state index contributed by atoms with van der Waals surface area (Å²) in [4.78, 5) is 4.13. The molecule has 0 saturated carbocycles. The van der Waals surface area contributed by atoms with Gasteiger partial charge < -0.3 is 14.0 Å². The van der Waals surface area contributed by atoms with Gasteiger partial charge in [-0.15, -0.1) is 0 Å². The van der Waals surface area contributed by atoms with Crippen molar-refractivity contribution in [1.82, 2.24) is 14.8 Å². The molecular formula is C19H30BF2N3O3Si. The Balaban J connectivity index is 1.92. The highest BCUT2D eigenvalue weighted by molar-refractivity contribution is 6.76. The fourth-order valence-corrected chi connectivity index (χ4v) is 3.75. The van der Waals surface area contributed by atoms with Crippen LogP contribution in [0, 0.1) is 0 Å². The van der Waals surface area contributed by atoms with Gasteiger partial charge in [0.2, 0.25) is 0 Å². The van der Waals surface area contributed by atoms with E-state index in [0.29, 0.717) is 23.1 Å². The molecule has 0 aromatic carbocycles. The molecule has 0 aliphatic carbocycles. The van der Waals surface area contributed by atoms with Crippen LogP contribution in [0.25, 0.3) is 11.0 Å². The normalized spacial score (nSPS) is 18.9. The van der Waals surface area contributed by atoms with Gasteiger partial charge in [0.05, 0.1) is 17.4 Å².